The van der Waals surface area contributed by atoms with Crippen LogP contribution >= 0.6 is 0 Å². The molecule has 7 heteroatoms. The van der Waals surface area contributed by atoms with Crippen LogP contribution < -0.4 is 10.5 Å². The van der Waals surface area contributed by atoms with Gasteiger partial charge in [0.05, 0.1) is 17.6 Å². The van der Waals surface area contributed by atoms with Gasteiger partial charge in [-0.05, 0) is 68.7 Å². The minimum absolute atomic E-state index is 0.0305. The monoisotopic (exact) mass is 376 g/mol. The van der Waals surface area contributed by atoms with E-state index in [-0.39, 0.29) is 16.9 Å². The highest BCUT2D eigenvalue weighted by Crippen LogP contribution is 2.24. The van der Waals surface area contributed by atoms with Crippen LogP contribution in [-0.2, 0) is 21.4 Å². The van der Waals surface area contributed by atoms with E-state index < -0.39 is 10.0 Å². The highest BCUT2D eigenvalue weighted by atomic mass is 32.2. The van der Waals surface area contributed by atoms with E-state index in [4.69, 9.17) is 9.88 Å². The maximum Gasteiger partial charge on any atom is 0.255 e. The van der Waals surface area contributed by atoms with Crippen LogP contribution in [0.1, 0.15) is 40.9 Å². The van der Waals surface area contributed by atoms with Crippen LogP contribution in [0, 0.1) is 13.8 Å². The molecular weight excluding hydrogens is 352 g/mol. The van der Waals surface area contributed by atoms with Gasteiger partial charge in [0.15, 0.2) is 0 Å². The van der Waals surface area contributed by atoms with Crippen molar-refractivity contribution in [3.63, 3.8) is 0 Å². The molecule has 0 aromatic heterocycles. The normalized spacial score (nSPS) is 11.6. The van der Waals surface area contributed by atoms with E-state index in [2.05, 4.69) is 5.32 Å². The molecule has 2 aromatic carbocycles. The van der Waals surface area contributed by atoms with Gasteiger partial charge in [0.1, 0.15) is 0 Å². The van der Waals surface area contributed by atoms with Crippen LogP contribution in [0.5, 0.6) is 0 Å². The minimum atomic E-state index is -3.85. The van der Waals surface area contributed by atoms with Crippen LogP contribution in [-0.4, -0.2) is 20.4 Å². The fourth-order valence-electron chi connectivity index (χ4n) is 2.33. The second-order valence-corrected chi connectivity index (χ2v) is 8.03. The molecule has 0 bridgehead atoms. The number of ether oxygens (including phenoxy) is 1. The first kappa shape index (κ1) is 20.1. The number of hydrogen-bond donors (Lipinski definition) is 2. The summed E-state index contributed by atoms with van der Waals surface area (Å²) in [6.45, 7) is 7.98. The standard InChI is InChI=1S/C19H24N2O4S/c1-12(2)25-11-15-5-7-16(8-6-15)19(22)21-18-10-17(26(20,23)24)9-13(3)14(18)4/h5-10,12H,11H2,1-4H3,(H,21,22)(H2,20,23,24). The van der Waals surface area contributed by atoms with Gasteiger partial charge >= 0.3 is 0 Å². The van der Waals surface area contributed by atoms with Crippen molar-refractivity contribution in [3.05, 3.63) is 58.7 Å². The van der Waals surface area contributed by atoms with E-state index in [0.29, 0.717) is 17.9 Å². The zero-order chi connectivity index (χ0) is 19.5. The molecule has 26 heavy (non-hydrogen) atoms. The predicted octanol–water partition coefficient (Wildman–Crippen LogP) is 3.13. The molecule has 0 fully saturated rings. The molecule has 0 atom stereocenters. The second-order valence-electron chi connectivity index (χ2n) is 6.47. The van der Waals surface area contributed by atoms with Gasteiger partial charge in [0.2, 0.25) is 10.0 Å². The van der Waals surface area contributed by atoms with Crippen LogP contribution in [0.15, 0.2) is 41.3 Å². The summed E-state index contributed by atoms with van der Waals surface area (Å²) in [7, 11) is -3.85. The minimum Gasteiger partial charge on any atom is -0.374 e. The van der Waals surface area contributed by atoms with Gasteiger partial charge in [-0.3, -0.25) is 4.79 Å². The zero-order valence-corrected chi connectivity index (χ0v) is 16.2. The fraction of sp³-hybridized carbons (Fsp3) is 0.316. The summed E-state index contributed by atoms with van der Waals surface area (Å²) >= 11 is 0. The lowest BCUT2D eigenvalue weighted by atomic mass is 10.1. The number of rotatable bonds is 6. The molecule has 0 heterocycles. The highest BCUT2D eigenvalue weighted by Gasteiger charge is 2.15. The van der Waals surface area contributed by atoms with E-state index in [1.165, 1.54) is 12.1 Å². The lowest BCUT2D eigenvalue weighted by molar-refractivity contribution is 0.0657. The molecule has 0 aliphatic rings. The molecular formula is C19H24N2O4S. The van der Waals surface area contributed by atoms with E-state index in [9.17, 15) is 13.2 Å². The molecule has 140 valence electrons. The Hall–Kier alpha value is -2.22. The number of hydrogen-bond acceptors (Lipinski definition) is 4. The van der Waals surface area contributed by atoms with E-state index in [0.717, 1.165) is 16.7 Å². The molecule has 0 spiro atoms. The topological polar surface area (TPSA) is 98.5 Å². The van der Waals surface area contributed by atoms with Crippen molar-refractivity contribution >= 4 is 21.6 Å². The van der Waals surface area contributed by atoms with E-state index >= 15 is 0 Å². The Morgan fingerprint density at radius 2 is 1.77 bits per heavy atom. The Bertz CT molecular complexity index is 904. The Labute approximate surface area is 154 Å². The van der Waals surface area contributed by atoms with Crippen LogP contribution in [0.25, 0.3) is 0 Å². The first-order valence-electron chi connectivity index (χ1n) is 8.24. The molecule has 0 aliphatic carbocycles. The Morgan fingerprint density at radius 3 is 2.31 bits per heavy atom. The summed E-state index contributed by atoms with van der Waals surface area (Å²) in [4.78, 5) is 12.5. The maximum atomic E-state index is 12.5. The van der Waals surface area contributed by atoms with Crippen molar-refractivity contribution in [3.8, 4) is 0 Å². The lowest BCUT2D eigenvalue weighted by Crippen LogP contribution is -2.16. The zero-order valence-electron chi connectivity index (χ0n) is 15.4. The fourth-order valence-corrected chi connectivity index (χ4v) is 2.95. The van der Waals surface area contributed by atoms with Crippen molar-refractivity contribution in [2.75, 3.05) is 5.32 Å². The van der Waals surface area contributed by atoms with E-state index in [1.807, 2.05) is 32.9 Å². The van der Waals surface area contributed by atoms with Crippen LogP contribution in [0.2, 0.25) is 0 Å². The first-order valence-corrected chi connectivity index (χ1v) is 9.78. The van der Waals surface area contributed by atoms with Gasteiger partial charge in [-0.15, -0.1) is 0 Å². The number of amides is 1. The van der Waals surface area contributed by atoms with Gasteiger partial charge < -0.3 is 10.1 Å². The molecule has 0 saturated heterocycles. The second kappa shape index (κ2) is 7.99. The molecule has 2 aromatic rings. The Balaban J connectivity index is 2.21. The molecule has 6 nitrogen and oxygen atoms in total. The van der Waals surface area contributed by atoms with Crippen LogP contribution in [0.3, 0.4) is 0 Å². The van der Waals surface area contributed by atoms with E-state index in [1.54, 1.807) is 19.1 Å². The Kier molecular flexibility index (Phi) is 6.17. The van der Waals surface area contributed by atoms with Gasteiger partial charge in [-0.2, -0.15) is 0 Å². The maximum absolute atomic E-state index is 12.5. The number of carbonyl (C=O) groups excluding carboxylic acids is 1. The Morgan fingerprint density at radius 1 is 1.15 bits per heavy atom. The number of carbonyl (C=O) groups is 1. The molecule has 0 saturated carbocycles. The number of sulfonamides is 1. The molecule has 2 rings (SSSR count). The van der Waals surface area contributed by atoms with Crippen molar-refractivity contribution in [1.29, 1.82) is 0 Å². The lowest BCUT2D eigenvalue weighted by Gasteiger charge is -2.13. The third-order valence-corrected chi connectivity index (χ3v) is 4.91. The summed E-state index contributed by atoms with van der Waals surface area (Å²) in [5.74, 6) is -0.324. The van der Waals surface area contributed by atoms with Gasteiger partial charge in [0.25, 0.3) is 5.91 Å². The average Bonchev–Trinajstić information content (AvgIpc) is 2.56. The first-order chi connectivity index (χ1) is 12.1. The van der Waals surface area contributed by atoms with Gasteiger partial charge in [0, 0.05) is 11.3 Å². The summed E-state index contributed by atoms with van der Waals surface area (Å²) in [6, 6.07) is 9.94. The summed E-state index contributed by atoms with van der Waals surface area (Å²) in [6.07, 6.45) is 0.135. The van der Waals surface area contributed by atoms with Crippen LogP contribution in [0.4, 0.5) is 5.69 Å². The third kappa shape index (κ3) is 5.14. The summed E-state index contributed by atoms with van der Waals surface area (Å²) in [5.41, 5.74) is 3.38. The van der Waals surface area contributed by atoms with Crippen molar-refractivity contribution in [1.82, 2.24) is 0 Å². The number of primary sulfonamides is 1. The third-order valence-electron chi connectivity index (χ3n) is 4.02. The molecule has 3 N–H and O–H groups in total. The number of anilines is 1. The molecule has 0 unspecified atom stereocenters. The number of nitrogens with one attached hydrogen (secondary N) is 1. The molecule has 0 radical (unpaired) electrons. The number of nitrogens with two attached hydrogens (primary N) is 1. The number of benzene rings is 2. The van der Waals surface area contributed by atoms with Gasteiger partial charge in [-0.25, -0.2) is 13.6 Å². The van der Waals surface area contributed by atoms with Gasteiger partial charge in [-0.1, -0.05) is 12.1 Å². The van der Waals surface area contributed by atoms with Crippen molar-refractivity contribution < 1.29 is 17.9 Å². The average molecular weight is 376 g/mol. The highest BCUT2D eigenvalue weighted by molar-refractivity contribution is 7.89. The summed E-state index contributed by atoms with van der Waals surface area (Å²) in [5, 5.41) is 7.96. The molecule has 1 amide bonds. The SMILES string of the molecule is Cc1cc(S(N)(=O)=O)cc(NC(=O)c2ccc(COC(C)C)cc2)c1C. The number of aryl methyl sites for hydroxylation is 1. The quantitative estimate of drug-likeness (QED) is 0.809. The summed E-state index contributed by atoms with van der Waals surface area (Å²) < 4.78 is 28.7. The van der Waals surface area contributed by atoms with Crippen molar-refractivity contribution in [2.45, 2.75) is 45.3 Å². The predicted molar refractivity (Wildman–Crippen MR) is 102 cm³/mol. The van der Waals surface area contributed by atoms with Crippen molar-refractivity contribution in [2.24, 2.45) is 5.14 Å². The molecule has 0 aliphatic heterocycles. The largest absolute Gasteiger partial charge is 0.374 e. The smallest absolute Gasteiger partial charge is 0.255 e.